The number of carbonyl (C=O) groups excluding carboxylic acids is 2. The van der Waals surface area contributed by atoms with Crippen molar-refractivity contribution in [2.45, 2.75) is 39.5 Å². The third-order valence-corrected chi connectivity index (χ3v) is 6.75. The smallest absolute Gasteiger partial charge is 0.307 e. The Kier molecular flexibility index (Phi) is 6.77. The van der Waals surface area contributed by atoms with Crippen LogP contribution in [0.1, 0.15) is 46.5 Å². The number of hydrogen-bond acceptors (Lipinski definition) is 5. The van der Waals surface area contributed by atoms with Gasteiger partial charge in [-0.15, -0.1) is 11.3 Å². The zero-order valence-corrected chi connectivity index (χ0v) is 18.1. The van der Waals surface area contributed by atoms with E-state index in [9.17, 15) is 19.5 Å². The van der Waals surface area contributed by atoms with E-state index in [2.05, 4.69) is 10.6 Å². The molecule has 1 saturated carbocycles. The molecule has 0 unspecified atom stereocenters. The Balaban J connectivity index is 1.85. The number of aryl methyl sites for hydroxylation is 1. The van der Waals surface area contributed by atoms with Gasteiger partial charge in [-0.25, -0.2) is 0 Å². The Morgan fingerprint density at radius 2 is 1.73 bits per heavy atom. The average Bonchev–Trinajstić information content (AvgIpc) is 3.01. The number of anilines is 2. The number of carboxylic acid groups (broad SMARTS) is 1. The third kappa shape index (κ3) is 4.48. The lowest BCUT2D eigenvalue weighted by atomic mass is 9.79. The van der Waals surface area contributed by atoms with Crippen LogP contribution in [0.5, 0.6) is 5.75 Å². The number of amides is 2. The van der Waals surface area contributed by atoms with Gasteiger partial charge in [0.1, 0.15) is 10.8 Å². The second kappa shape index (κ2) is 9.30. The van der Waals surface area contributed by atoms with Gasteiger partial charge in [0.05, 0.1) is 30.2 Å². The molecule has 2 amide bonds. The molecule has 7 nitrogen and oxygen atoms in total. The quantitative estimate of drug-likeness (QED) is 0.628. The summed E-state index contributed by atoms with van der Waals surface area (Å²) in [5, 5.41) is 15.6. The van der Waals surface area contributed by atoms with Gasteiger partial charge in [0, 0.05) is 4.88 Å². The lowest BCUT2D eigenvalue weighted by Crippen LogP contribution is -2.36. The van der Waals surface area contributed by atoms with E-state index < -0.39 is 17.8 Å². The van der Waals surface area contributed by atoms with Crippen molar-refractivity contribution in [3.8, 4) is 5.75 Å². The predicted molar refractivity (Wildman–Crippen MR) is 116 cm³/mol. The van der Waals surface area contributed by atoms with Crippen molar-refractivity contribution >= 4 is 39.8 Å². The molecule has 2 atom stereocenters. The summed E-state index contributed by atoms with van der Waals surface area (Å²) in [5.74, 6) is -2.38. The summed E-state index contributed by atoms with van der Waals surface area (Å²) in [5.41, 5.74) is 1.70. The highest BCUT2D eigenvalue weighted by molar-refractivity contribution is 7.16. The summed E-state index contributed by atoms with van der Waals surface area (Å²) < 4.78 is 5.29. The molecule has 1 aromatic heterocycles. The molecule has 30 heavy (non-hydrogen) atoms. The molecular weight excluding hydrogens is 404 g/mol. The first-order valence-electron chi connectivity index (χ1n) is 9.91. The third-order valence-electron chi connectivity index (χ3n) is 5.62. The van der Waals surface area contributed by atoms with Crippen molar-refractivity contribution in [1.29, 1.82) is 0 Å². The van der Waals surface area contributed by atoms with E-state index in [1.165, 1.54) is 18.4 Å². The van der Waals surface area contributed by atoms with Gasteiger partial charge in [0.15, 0.2) is 0 Å². The van der Waals surface area contributed by atoms with Crippen LogP contribution in [0, 0.1) is 25.7 Å². The first-order chi connectivity index (χ1) is 14.3. The highest BCUT2D eigenvalue weighted by atomic mass is 32.1. The van der Waals surface area contributed by atoms with Gasteiger partial charge in [-0.1, -0.05) is 25.0 Å². The van der Waals surface area contributed by atoms with Crippen LogP contribution in [-0.4, -0.2) is 30.0 Å². The minimum absolute atomic E-state index is 0.338. The summed E-state index contributed by atoms with van der Waals surface area (Å²) >= 11 is 1.32. The molecule has 160 valence electrons. The Morgan fingerprint density at radius 3 is 2.40 bits per heavy atom. The monoisotopic (exact) mass is 430 g/mol. The number of para-hydroxylation sites is 2. The second-order valence-electron chi connectivity index (χ2n) is 7.47. The van der Waals surface area contributed by atoms with Crippen LogP contribution in [0.15, 0.2) is 24.3 Å². The zero-order valence-electron chi connectivity index (χ0n) is 17.3. The molecule has 1 aromatic carbocycles. The SMILES string of the molecule is COc1ccccc1NC(=O)c1c(NC(=O)[C@@H]2CCCC[C@@H]2C(=O)O)sc(C)c1C. The van der Waals surface area contributed by atoms with Gasteiger partial charge >= 0.3 is 5.97 Å². The number of ether oxygens (including phenoxy) is 1. The van der Waals surface area contributed by atoms with E-state index in [1.54, 1.807) is 18.2 Å². The van der Waals surface area contributed by atoms with Gasteiger partial charge in [-0.3, -0.25) is 14.4 Å². The summed E-state index contributed by atoms with van der Waals surface area (Å²) in [7, 11) is 1.53. The summed E-state index contributed by atoms with van der Waals surface area (Å²) in [6.07, 6.45) is 2.67. The van der Waals surface area contributed by atoms with Gasteiger partial charge < -0.3 is 20.5 Å². The van der Waals surface area contributed by atoms with Crippen molar-refractivity contribution < 1.29 is 24.2 Å². The maximum absolute atomic E-state index is 13.1. The van der Waals surface area contributed by atoms with E-state index in [-0.39, 0.29) is 11.8 Å². The van der Waals surface area contributed by atoms with Crippen molar-refractivity contribution in [2.24, 2.45) is 11.8 Å². The molecule has 0 saturated heterocycles. The van der Waals surface area contributed by atoms with Gasteiger partial charge in [0.2, 0.25) is 5.91 Å². The Morgan fingerprint density at radius 1 is 1.07 bits per heavy atom. The number of hydrogen-bond donors (Lipinski definition) is 3. The molecule has 1 aliphatic carbocycles. The summed E-state index contributed by atoms with van der Waals surface area (Å²) in [6.45, 7) is 3.72. The normalized spacial score (nSPS) is 18.5. The Hall–Kier alpha value is -2.87. The van der Waals surface area contributed by atoms with Crippen LogP contribution in [0.25, 0.3) is 0 Å². The molecule has 1 fully saturated rings. The molecular formula is C22H26N2O5S. The fourth-order valence-corrected chi connectivity index (χ4v) is 4.93. The first kappa shape index (κ1) is 21.8. The number of thiophene rings is 1. The van der Waals surface area contributed by atoms with Crippen molar-refractivity contribution in [3.05, 3.63) is 40.3 Å². The number of nitrogens with one attached hydrogen (secondary N) is 2. The van der Waals surface area contributed by atoms with E-state index in [0.29, 0.717) is 34.8 Å². The highest BCUT2D eigenvalue weighted by Gasteiger charge is 2.36. The maximum atomic E-state index is 13.1. The van der Waals surface area contributed by atoms with Crippen LogP contribution in [0.4, 0.5) is 10.7 Å². The first-order valence-corrected chi connectivity index (χ1v) is 10.7. The van der Waals surface area contributed by atoms with Gasteiger partial charge in [0.25, 0.3) is 5.91 Å². The summed E-state index contributed by atoms with van der Waals surface area (Å²) in [6, 6.07) is 7.09. The number of methoxy groups -OCH3 is 1. The zero-order chi connectivity index (χ0) is 21.8. The molecule has 3 rings (SSSR count). The number of aliphatic carboxylic acids is 1. The number of rotatable bonds is 6. The van der Waals surface area contributed by atoms with E-state index in [0.717, 1.165) is 23.3 Å². The van der Waals surface area contributed by atoms with Crippen molar-refractivity contribution in [3.63, 3.8) is 0 Å². The van der Waals surface area contributed by atoms with Crippen LogP contribution >= 0.6 is 11.3 Å². The molecule has 2 aromatic rings. The van der Waals surface area contributed by atoms with Crippen LogP contribution < -0.4 is 15.4 Å². The molecule has 0 bridgehead atoms. The van der Waals surface area contributed by atoms with E-state index in [4.69, 9.17) is 4.74 Å². The van der Waals surface area contributed by atoms with Crippen LogP contribution in [0.2, 0.25) is 0 Å². The van der Waals surface area contributed by atoms with Crippen molar-refractivity contribution in [2.75, 3.05) is 17.7 Å². The molecule has 8 heteroatoms. The highest BCUT2D eigenvalue weighted by Crippen LogP contribution is 2.36. The molecule has 3 N–H and O–H groups in total. The number of carboxylic acids is 1. The maximum Gasteiger partial charge on any atom is 0.307 e. The standard InChI is InChI=1S/C22H26N2O5S/c1-12-13(2)30-21(24-19(25)14-8-4-5-9-15(14)22(27)28)18(12)20(26)23-16-10-6-7-11-17(16)29-3/h6-7,10-11,14-15H,4-5,8-9H2,1-3H3,(H,23,26)(H,24,25)(H,27,28)/t14-,15+/m1/s1. The number of carbonyl (C=O) groups is 3. The van der Waals surface area contributed by atoms with E-state index in [1.807, 2.05) is 19.9 Å². The second-order valence-corrected chi connectivity index (χ2v) is 8.69. The average molecular weight is 431 g/mol. The number of benzene rings is 1. The fourth-order valence-electron chi connectivity index (χ4n) is 3.87. The van der Waals surface area contributed by atoms with Crippen LogP contribution in [0.3, 0.4) is 0 Å². The predicted octanol–water partition coefficient (Wildman–Crippen LogP) is 4.46. The molecule has 0 aliphatic heterocycles. The van der Waals surface area contributed by atoms with Gasteiger partial charge in [-0.2, -0.15) is 0 Å². The van der Waals surface area contributed by atoms with E-state index >= 15 is 0 Å². The molecule has 0 spiro atoms. The summed E-state index contributed by atoms with van der Waals surface area (Å²) in [4.78, 5) is 38.5. The topological polar surface area (TPSA) is 105 Å². The lowest BCUT2D eigenvalue weighted by Gasteiger charge is -2.27. The van der Waals surface area contributed by atoms with Crippen LogP contribution in [-0.2, 0) is 9.59 Å². The van der Waals surface area contributed by atoms with Gasteiger partial charge in [-0.05, 0) is 44.4 Å². The minimum Gasteiger partial charge on any atom is -0.495 e. The molecule has 1 aliphatic rings. The minimum atomic E-state index is -0.942. The molecule has 1 heterocycles. The Bertz CT molecular complexity index is 968. The molecule has 0 radical (unpaired) electrons. The lowest BCUT2D eigenvalue weighted by molar-refractivity contribution is -0.147. The Labute approximate surface area is 179 Å². The fraction of sp³-hybridized carbons (Fsp3) is 0.409. The van der Waals surface area contributed by atoms with Crippen molar-refractivity contribution in [1.82, 2.24) is 0 Å². The largest absolute Gasteiger partial charge is 0.495 e.